The molecule has 0 rings (SSSR count). The van der Waals surface area contributed by atoms with Crippen molar-refractivity contribution in [2.45, 2.75) is 32.2 Å². The van der Waals surface area contributed by atoms with E-state index in [0.717, 1.165) is 12.8 Å². The second kappa shape index (κ2) is 5.11. The first kappa shape index (κ1) is 10.4. The van der Waals surface area contributed by atoms with Crippen LogP contribution in [0.4, 0.5) is 0 Å². The quantitative estimate of drug-likeness (QED) is 0.605. The molecule has 0 bridgehead atoms. The molecule has 0 aliphatic heterocycles. The zero-order valence-corrected chi connectivity index (χ0v) is 7.26. The second-order valence-corrected chi connectivity index (χ2v) is 2.72. The van der Waals surface area contributed by atoms with E-state index in [2.05, 4.69) is 0 Å². The van der Waals surface area contributed by atoms with Crippen LogP contribution in [0.3, 0.4) is 0 Å². The summed E-state index contributed by atoms with van der Waals surface area (Å²) in [5.41, 5.74) is 5.66. The van der Waals surface area contributed by atoms with Crippen molar-refractivity contribution >= 4 is 0 Å². The predicted octanol–water partition coefficient (Wildman–Crippen LogP) is 1.04. The number of nitrogens with two attached hydrogens (primary N) is 1. The van der Waals surface area contributed by atoms with Crippen molar-refractivity contribution in [2.24, 2.45) is 5.73 Å². The molecule has 3 heteroatoms. The highest BCUT2D eigenvalue weighted by Gasteiger charge is 2.19. The molecule has 0 fully saturated rings. The van der Waals surface area contributed by atoms with Crippen LogP contribution in [0.1, 0.15) is 26.7 Å². The molecule has 0 aliphatic carbocycles. The first-order valence-electron chi connectivity index (χ1n) is 3.92. The average molecular weight is 156 g/mol. The summed E-state index contributed by atoms with van der Waals surface area (Å²) in [6, 6.07) is 1.91. The molecule has 64 valence electrons. The third-order valence-electron chi connectivity index (χ3n) is 1.96. The molecular weight excluding hydrogens is 140 g/mol. The van der Waals surface area contributed by atoms with Gasteiger partial charge in [-0.25, -0.2) is 0 Å². The molecule has 0 heterocycles. The van der Waals surface area contributed by atoms with Crippen LogP contribution in [0.2, 0.25) is 0 Å². The molecule has 0 saturated heterocycles. The van der Waals surface area contributed by atoms with Crippen molar-refractivity contribution in [1.29, 1.82) is 5.26 Å². The van der Waals surface area contributed by atoms with Crippen LogP contribution in [-0.2, 0) is 4.74 Å². The molecule has 0 amide bonds. The Morgan fingerprint density at radius 1 is 1.45 bits per heavy atom. The van der Waals surface area contributed by atoms with Gasteiger partial charge in [0.05, 0.1) is 12.7 Å². The van der Waals surface area contributed by atoms with Gasteiger partial charge in [0.25, 0.3) is 0 Å². The average Bonchev–Trinajstić information content (AvgIpc) is 2.05. The number of hydrogen-bond acceptors (Lipinski definition) is 3. The first-order chi connectivity index (χ1) is 5.18. The van der Waals surface area contributed by atoms with Crippen LogP contribution >= 0.6 is 0 Å². The lowest BCUT2D eigenvalue weighted by molar-refractivity contribution is 0.104. The summed E-state index contributed by atoms with van der Waals surface area (Å²) < 4.78 is 5.04. The van der Waals surface area contributed by atoms with E-state index in [-0.39, 0.29) is 12.1 Å². The Labute approximate surface area is 68.1 Å². The minimum atomic E-state index is -0.239. The second-order valence-electron chi connectivity index (χ2n) is 2.72. The molecule has 3 nitrogen and oxygen atoms in total. The van der Waals surface area contributed by atoms with E-state index < -0.39 is 0 Å². The van der Waals surface area contributed by atoms with Crippen molar-refractivity contribution in [2.75, 3.05) is 13.2 Å². The number of nitrogens with zero attached hydrogens (tertiary/aromatic N) is 1. The normalized spacial score (nSPS) is 11.1. The Morgan fingerprint density at radius 2 is 2.00 bits per heavy atom. The summed E-state index contributed by atoms with van der Waals surface area (Å²) in [6.45, 7) is 4.67. The highest BCUT2D eigenvalue weighted by Crippen LogP contribution is 2.10. The van der Waals surface area contributed by atoms with E-state index in [1.165, 1.54) is 0 Å². The Kier molecular flexibility index (Phi) is 4.84. The maximum Gasteiger partial charge on any atom is 0.133 e. The predicted molar refractivity (Wildman–Crippen MR) is 43.9 cm³/mol. The van der Waals surface area contributed by atoms with Gasteiger partial charge in [-0.2, -0.15) is 5.26 Å². The Morgan fingerprint density at radius 3 is 2.36 bits per heavy atom. The van der Waals surface area contributed by atoms with E-state index in [9.17, 15) is 0 Å². The van der Waals surface area contributed by atoms with Crippen molar-refractivity contribution in [1.82, 2.24) is 0 Å². The fourth-order valence-electron chi connectivity index (χ4n) is 0.754. The van der Waals surface area contributed by atoms with Gasteiger partial charge >= 0.3 is 0 Å². The van der Waals surface area contributed by atoms with Crippen LogP contribution in [0.5, 0.6) is 0 Å². The summed E-state index contributed by atoms with van der Waals surface area (Å²) in [6.07, 6.45) is 1.77. The summed E-state index contributed by atoms with van der Waals surface area (Å²) in [5, 5.41) is 8.19. The largest absolute Gasteiger partial charge is 0.365 e. The summed E-state index contributed by atoms with van der Waals surface area (Å²) in [4.78, 5) is 0. The van der Waals surface area contributed by atoms with Crippen LogP contribution in [0, 0.1) is 11.3 Å². The zero-order valence-electron chi connectivity index (χ0n) is 7.26. The summed E-state index contributed by atoms with van der Waals surface area (Å²) >= 11 is 0. The fraction of sp³-hybridized carbons (Fsp3) is 0.875. The smallest absolute Gasteiger partial charge is 0.133 e. The Bertz CT molecular complexity index is 136. The molecule has 0 radical (unpaired) electrons. The highest BCUT2D eigenvalue weighted by atomic mass is 16.5. The van der Waals surface area contributed by atoms with Gasteiger partial charge in [0.2, 0.25) is 0 Å². The van der Waals surface area contributed by atoms with E-state index in [0.29, 0.717) is 6.61 Å². The topological polar surface area (TPSA) is 59.0 Å². The van der Waals surface area contributed by atoms with Gasteiger partial charge in [0.1, 0.15) is 6.61 Å². The summed E-state index contributed by atoms with van der Waals surface area (Å²) in [7, 11) is 0. The highest BCUT2D eigenvalue weighted by molar-refractivity contribution is 4.81. The third-order valence-corrected chi connectivity index (χ3v) is 1.96. The van der Waals surface area contributed by atoms with E-state index >= 15 is 0 Å². The van der Waals surface area contributed by atoms with Gasteiger partial charge in [-0.3, -0.25) is 0 Å². The van der Waals surface area contributed by atoms with Crippen molar-refractivity contribution < 1.29 is 4.74 Å². The Hall–Kier alpha value is -0.590. The molecule has 0 spiro atoms. The van der Waals surface area contributed by atoms with Gasteiger partial charge < -0.3 is 10.5 Å². The maximum absolute atomic E-state index is 8.19. The third kappa shape index (κ3) is 3.97. The lowest BCUT2D eigenvalue weighted by Crippen LogP contribution is -2.43. The minimum Gasteiger partial charge on any atom is -0.365 e. The molecule has 0 aromatic heterocycles. The molecule has 0 aromatic carbocycles. The molecule has 0 atom stereocenters. The minimum absolute atomic E-state index is 0.138. The fourth-order valence-corrected chi connectivity index (χ4v) is 0.754. The monoisotopic (exact) mass is 156 g/mol. The SMILES string of the molecule is CCC(N)(CC)COCC#N. The molecule has 0 aliphatic rings. The van der Waals surface area contributed by atoms with Gasteiger partial charge in [0.15, 0.2) is 0 Å². The molecular formula is C8H16N2O. The van der Waals surface area contributed by atoms with Crippen LogP contribution in [-0.4, -0.2) is 18.8 Å². The zero-order chi connectivity index (χ0) is 8.74. The van der Waals surface area contributed by atoms with Crippen molar-refractivity contribution in [3.05, 3.63) is 0 Å². The number of ether oxygens (including phenoxy) is 1. The molecule has 2 N–H and O–H groups in total. The van der Waals surface area contributed by atoms with E-state index in [1.807, 2.05) is 19.9 Å². The van der Waals surface area contributed by atoms with Crippen molar-refractivity contribution in [3.63, 3.8) is 0 Å². The molecule has 0 saturated carbocycles. The summed E-state index contributed by atoms with van der Waals surface area (Å²) in [5.74, 6) is 0. The van der Waals surface area contributed by atoms with Gasteiger partial charge in [0, 0.05) is 5.54 Å². The molecule has 0 unspecified atom stereocenters. The van der Waals surface area contributed by atoms with Gasteiger partial charge in [-0.1, -0.05) is 13.8 Å². The number of nitriles is 1. The maximum atomic E-state index is 8.19. The van der Waals surface area contributed by atoms with Crippen LogP contribution in [0.25, 0.3) is 0 Å². The van der Waals surface area contributed by atoms with E-state index in [4.69, 9.17) is 15.7 Å². The van der Waals surface area contributed by atoms with Crippen LogP contribution < -0.4 is 5.73 Å². The van der Waals surface area contributed by atoms with Gasteiger partial charge in [-0.15, -0.1) is 0 Å². The lowest BCUT2D eigenvalue weighted by atomic mass is 9.96. The molecule has 11 heavy (non-hydrogen) atoms. The van der Waals surface area contributed by atoms with Crippen molar-refractivity contribution in [3.8, 4) is 6.07 Å². The number of hydrogen-bond donors (Lipinski definition) is 1. The lowest BCUT2D eigenvalue weighted by Gasteiger charge is -2.25. The number of rotatable bonds is 5. The van der Waals surface area contributed by atoms with Crippen LogP contribution in [0.15, 0.2) is 0 Å². The Balaban J connectivity index is 3.62. The van der Waals surface area contributed by atoms with E-state index in [1.54, 1.807) is 0 Å². The first-order valence-corrected chi connectivity index (χ1v) is 3.92. The standard InChI is InChI=1S/C8H16N2O/c1-3-8(10,4-2)7-11-6-5-9/h3-4,6-7,10H2,1-2H3. The van der Waals surface area contributed by atoms with Gasteiger partial charge in [-0.05, 0) is 12.8 Å². The molecule has 0 aromatic rings.